The van der Waals surface area contributed by atoms with Crippen LogP contribution in [0.2, 0.25) is 0 Å². The van der Waals surface area contributed by atoms with Crippen LogP contribution in [0.15, 0.2) is 74.7 Å². The van der Waals surface area contributed by atoms with Crippen molar-refractivity contribution in [3.8, 4) is 11.5 Å². The number of allylic oxidation sites excluding steroid dienone is 1. The molecule has 6 unspecified atom stereocenters. The Hall–Kier alpha value is -4.08. The lowest BCUT2D eigenvalue weighted by atomic mass is 9.78. The standard InChI is InChI=1S/C38H44N2O11/c1-21-13-29(43)27-14-24-15-31(51-48-20-38(47,36(46)33(45)30(44)19-41)16-22-7-9-26(42)10-8-22)37(2,25-5-3-4-6-25)50-34(24)32(35(27)49-21)40-17-23-11-12-39-28(23)18-40/h7-14,17,25,30-31,33,36,41-42,44-47H,3-6,15-16,18-20H2,1-2H3. The third-order valence-electron chi connectivity index (χ3n) is 10.8. The number of rotatable bonds is 12. The molecular formula is C38H44N2O11. The number of anilines is 1. The van der Waals surface area contributed by atoms with E-state index in [4.69, 9.17) is 18.9 Å². The molecule has 3 aromatic rings. The van der Waals surface area contributed by atoms with Crippen LogP contribution in [0, 0.1) is 12.8 Å². The molecule has 1 aliphatic carbocycles. The van der Waals surface area contributed by atoms with Gasteiger partial charge in [0.05, 0.1) is 24.2 Å². The number of aromatic hydroxyl groups is 1. The molecule has 13 heteroatoms. The van der Waals surface area contributed by atoms with E-state index in [2.05, 4.69) is 4.99 Å². The Morgan fingerprint density at radius 1 is 1.14 bits per heavy atom. The Bertz CT molecular complexity index is 1930. The molecule has 1 saturated carbocycles. The Morgan fingerprint density at radius 2 is 1.88 bits per heavy atom. The van der Waals surface area contributed by atoms with Gasteiger partial charge in [0.2, 0.25) is 0 Å². The average molecular weight is 705 g/mol. The second-order valence-electron chi connectivity index (χ2n) is 14.4. The molecule has 4 heterocycles. The number of phenols is 1. The van der Waals surface area contributed by atoms with Crippen LogP contribution >= 0.6 is 0 Å². The summed E-state index contributed by atoms with van der Waals surface area (Å²) in [6.07, 6.45) is 3.12. The van der Waals surface area contributed by atoms with Gasteiger partial charge in [-0.25, -0.2) is 9.78 Å². The van der Waals surface area contributed by atoms with Gasteiger partial charge < -0.3 is 44.7 Å². The zero-order valence-corrected chi connectivity index (χ0v) is 28.6. The number of benzene rings is 2. The molecule has 0 spiro atoms. The average Bonchev–Trinajstić information content (AvgIpc) is 3.88. The lowest BCUT2D eigenvalue weighted by Gasteiger charge is -2.46. The molecule has 51 heavy (non-hydrogen) atoms. The number of aliphatic imine (C=N–C) groups is 1. The Balaban J connectivity index is 1.23. The number of aliphatic hydroxyl groups is 5. The van der Waals surface area contributed by atoms with Crippen LogP contribution in [-0.2, 0) is 22.6 Å². The van der Waals surface area contributed by atoms with Crippen molar-refractivity contribution in [2.45, 2.75) is 88.0 Å². The number of nitrogens with zero attached hydrogens (tertiary/aromatic N) is 2. The minimum Gasteiger partial charge on any atom is -0.508 e. The quantitative estimate of drug-likeness (QED) is 0.119. The van der Waals surface area contributed by atoms with E-state index in [0.717, 1.165) is 37.0 Å². The minimum absolute atomic E-state index is 0.000558. The maximum absolute atomic E-state index is 13.4. The van der Waals surface area contributed by atoms with Gasteiger partial charge in [-0.2, -0.15) is 0 Å². The van der Waals surface area contributed by atoms with Crippen molar-refractivity contribution in [3.63, 3.8) is 0 Å². The summed E-state index contributed by atoms with van der Waals surface area (Å²) >= 11 is 0. The predicted octanol–water partition coefficient (Wildman–Crippen LogP) is 2.73. The van der Waals surface area contributed by atoms with Crippen molar-refractivity contribution >= 4 is 22.4 Å². The lowest BCUT2D eigenvalue weighted by Crippen LogP contribution is -2.58. The second-order valence-corrected chi connectivity index (χ2v) is 14.4. The van der Waals surface area contributed by atoms with Gasteiger partial charge in [-0.1, -0.05) is 25.0 Å². The van der Waals surface area contributed by atoms with Gasteiger partial charge in [-0.15, -0.1) is 0 Å². The van der Waals surface area contributed by atoms with E-state index in [-0.39, 0.29) is 29.9 Å². The first-order valence-corrected chi connectivity index (χ1v) is 17.3. The molecule has 1 fully saturated rings. The molecule has 0 saturated heterocycles. The van der Waals surface area contributed by atoms with E-state index >= 15 is 0 Å². The number of aliphatic hydroxyl groups excluding tert-OH is 4. The number of hydrogen-bond acceptors (Lipinski definition) is 13. The third-order valence-corrected chi connectivity index (χ3v) is 10.8. The normalized spacial score (nSPS) is 24.5. The first-order valence-electron chi connectivity index (χ1n) is 17.3. The van der Waals surface area contributed by atoms with Gasteiger partial charge in [0.25, 0.3) is 0 Å². The molecule has 2 aromatic carbocycles. The van der Waals surface area contributed by atoms with Crippen LogP contribution in [0.3, 0.4) is 0 Å². The molecule has 7 rings (SSSR count). The first kappa shape index (κ1) is 35.3. The first-order chi connectivity index (χ1) is 24.4. The molecular weight excluding hydrogens is 660 g/mol. The molecule has 0 bridgehead atoms. The fourth-order valence-electron chi connectivity index (χ4n) is 7.83. The Labute approximate surface area is 294 Å². The van der Waals surface area contributed by atoms with Crippen LogP contribution in [-0.4, -0.2) is 91.7 Å². The van der Waals surface area contributed by atoms with Gasteiger partial charge in [0, 0.05) is 48.4 Å². The smallest absolute Gasteiger partial charge is 0.193 e. The van der Waals surface area contributed by atoms with Crippen LogP contribution in [0.4, 0.5) is 5.69 Å². The van der Waals surface area contributed by atoms with E-state index in [1.165, 1.54) is 30.3 Å². The maximum Gasteiger partial charge on any atom is 0.193 e. The van der Waals surface area contributed by atoms with E-state index in [1.54, 1.807) is 19.2 Å². The summed E-state index contributed by atoms with van der Waals surface area (Å²) in [6, 6.07) is 9.13. The highest BCUT2D eigenvalue weighted by Gasteiger charge is 2.51. The molecule has 6 atom stereocenters. The molecule has 4 aliphatic rings. The van der Waals surface area contributed by atoms with Crippen LogP contribution in [0.1, 0.15) is 49.5 Å². The van der Waals surface area contributed by atoms with Gasteiger partial charge in [0.15, 0.2) is 16.8 Å². The predicted molar refractivity (Wildman–Crippen MR) is 187 cm³/mol. The number of ether oxygens (including phenoxy) is 1. The highest BCUT2D eigenvalue weighted by Crippen LogP contribution is 2.51. The summed E-state index contributed by atoms with van der Waals surface area (Å²) in [4.78, 5) is 31.8. The maximum atomic E-state index is 13.4. The van der Waals surface area contributed by atoms with E-state index in [1.807, 2.05) is 24.1 Å². The van der Waals surface area contributed by atoms with Crippen LogP contribution in [0.5, 0.6) is 11.5 Å². The van der Waals surface area contributed by atoms with Gasteiger partial charge in [-0.3, -0.25) is 9.79 Å². The van der Waals surface area contributed by atoms with Crippen molar-refractivity contribution in [2.75, 3.05) is 24.7 Å². The SMILES string of the molecule is Cc1cc(=O)c2cc3c(c(N4C=C5C=CN=C5C4)c2o1)OC(C)(C1CCCC1)C(OOCC(O)(Cc1ccc(O)cc1)C(O)C(O)C(O)CO)C3. The summed E-state index contributed by atoms with van der Waals surface area (Å²) in [5.74, 6) is 1.12. The monoisotopic (exact) mass is 704 g/mol. The lowest BCUT2D eigenvalue weighted by molar-refractivity contribution is -0.374. The third kappa shape index (κ3) is 6.59. The zero-order valence-electron chi connectivity index (χ0n) is 28.6. The van der Waals surface area contributed by atoms with Crippen LogP contribution in [0.25, 0.3) is 11.0 Å². The molecule has 6 N–H and O–H groups in total. The fourth-order valence-corrected chi connectivity index (χ4v) is 7.83. The van der Waals surface area contributed by atoms with Crippen molar-refractivity contribution < 1.29 is 49.6 Å². The van der Waals surface area contributed by atoms with Crippen molar-refractivity contribution in [3.05, 3.63) is 87.6 Å². The van der Waals surface area contributed by atoms with Crippen molar-refractivity contribution in [2.24, 2.45) is 10.9 Å². The summed E-state index contributed by atoms with van der Waals surface area (Å²) in [7, 11) is 0. The summed E-state index contributed by atoms with van der Waals surface area (Å²) in [5, 5.41) is 63.1. The zero-order chi connectivity index (χ0) is 36.1. The minimum atomic E-state index is -2.21. The Kier molecular flexibility index (Phi) is 9.56. The van der Waals surface area contributed by atoms with E-state index in [0.29, 0.717) is 45.8 Å². The Morgan fingerprint density at radius 3 is 2.59 bits per heavy atom. The molecule has 0 radical (unpaired) electrons. The van der Waals surface area contributed by atoms with Crippen molar-refractivity contribution in [1.29, 1.82) is 0 Å². The summed E-state index contributed by atoms with van der Waals surface area (Å²) in [5.41, 5.74) is 0.776. The second kappa shape index (κ2) is 13.8. The number of fused-ring (bicyclic) bond motifs is 3. The molecule has 272 valence electrons. The van der Waals surface area contributed by atoms with Crippen molar-refractivity contribution in [1.82, 2.24) is 0 Å². The van der Waals surface area contributed by atoms with E-state index in [9.17, 15) is 35.4 Å². The number of hydrogen-bond donors (Lipinski definition) is 6. The fraction of sp³-hybridized carbons (Fsp3) is 0.474. The van der Waals surface area contributed by atoms with Crippen LogP contribution < -0.4 is 15.1 Å². The van der Waals surface area contributed by atoms with E-state index < -0.39 is 48.8 Å². The topological polar surface area (TPSA) is 195 Å². The van der Waals surface area contributed by atoms with Gasteiger partial charge >= 0.3 is 0 Å². The largest absolute Gasteiger partial charge is 0.508 e. The summed E-state index contributed by atoms with van der Waals surface area (Å²) < 4.78 is 13.3. The molecule has 13 nitrogen and oxygen atoms in total. The molecule has 1 aromatic heterocycles. The van der Waals surface area contributed by atoms with Gasteiger partial charge in [0.1, 0.15) is 59.4 Å². The number of phenolic OH excluding ortho intramolecular Hbond substituents is 1. The number of aryl methyl sites for hydroxylation is 1. The highest BCUT2D eigenvalue weighted by molar-refractivity contribution is 6.12. The molecule has 3 aliphatic heterocycles. The highest BCUT2D eigenvalue weighted by atomic mass is 17.2. The molecule has 0 amide bonds. The summed E-state index contributed by atoms with van der Waals surface area (Å²) in [6.45, 7) is 2.69. The van der Waals surface area contributed by atoms with Gasteiger partial charge in [-0.05, 0) is 56.5 Å².